The maximum absolute atomic E-state index is 12.8. The van der Waals surface area contributed by atoms with Crippen LogP contribution in [-0.2, 0) is 27.8 Å². The summed E-state index contributed by atoms with van der Waals surface area (Å²) in [6, 6.07) is 14.9. The molecule has 0 fully saturated rings. The maximum atomic E-state index is 12.8. The number of ether oxygens (including phenoxy) is 1. The van der Waals surface area contributed by atoms with E-state index in [4.69, 9.17) is 4.74 Å². The Bertz CT molecular complexity index is 1140. The Hall–Kier alpha value is -3.61. The van der Waals surface area contributed by atoms with E-state index in [0.29, 0.717) is 11.4 Å². The number of para-hydroxylation sites is 1. The van der Waals surface area contributed by atoms with Crippen molar-refractivity contribution in [2.75, 3.05) is 11.9 Å². The van der Waals surface area contributed by atoms with Crippen molar-refractivity contribution in [3.05, 3.63) is 81.3 Å². The first-order chi connectivity index (χ1) is 14.3. The monoisotopic (exact) mass is 407 g/mol. The van der Waals surface area contributed by atoms with Crippen LogP contribution in [0, 0.1) is 20.8 Å². The van der Waals surface area contributed by atoms with E-state index in [0.717, 1.165) is 16.7 Å². The number of hydrogen-bond donors (Lipinski definition) is 1. The number of hydrogen-bond acceptors (Lipinski definition) is 4. The third-order valence-electron chi connectivity index (χ3n) is 5.10. The summed E-state index contributed by atoms with van der Waals surface area (Å²) in [5, 5.41) is 2.57. The van der Waals surface area contributed by atoms with Gasteiger partial charge in [0.25, 0.3) is 11.5 Å². The van der Waals surface area contributed by atoms with E-state index < -0.39 is 18.5 Å². The van der Waals surface area contributed by atoms with Crippen LogP contribution in [0.4, 0.5) is 5.69 Å². The molecule has 0 unspecified atom stereocenters. The van der Waals surface area contributed by atoms with Crippen molar-refractivity contribution in [3.8, 4) is 5.69 Å². The first-order valence-electron chi connectivity index (χ1n) is 9.63. The largest absolute Gasteiger partial charge is 0.455 e. The van der Waals surface area contributed by atoms with Crippen molar-refractivity contribution in [1.29, 1.82) is 0 Å². The summed E-state index contributed by atoms with van der Waals surface area (Å²) < 4.78 is 8.22. The zero-order valence-electron chi connectivity index (χ0n) is 17.6. The summed E-state index contributed by atoms with van der Waals surface area (Å²) in [6.07, 6.45) is 0.0829. The van der Waals surface area contributed by atoms with Crippen LogP contribution in [0.3, 0.4) is 0 Å². The minimum Gasteiger partial charge on any atom is -0.455 e. The SMILES string of the molecule is Cc1ccc(CC(=O)OCC(=O)Nc2c(C)n(C)n(-c3ccccc3)c2=O)cc1C. The second-order valence-corrected chi connectivity index (χ2v) is 7.24. The Labute approximate surface area is 174 Å². The molecule has 0 atom stereocenters. The zero-order chi connectivity index (χ0) is 21.8. The Balaban J connectivity index is 1.64. The summed E-state index contributed by atoms with van der Waals surface area (Å²) in [5.41, 5.74) is 4.16. The number of aryl methyl sites for hydroxylation is 2. The van der Waals surface area contributed by atoms with E-state index >= 15 is 0 Å². The number of carbonyl (C=O) groups is 2. The van der Waals surface area contributed by atoms with Gasteiger partial charge in [0.1, 0.15) is 5.69 Å². The fourth-order valence-electron chi connectivity index (χ4n) is 3.16. The summed E-state index contributed by atoms with van der Waals surface area (Å²) in [4.78, 5) is 37.2. The van der Waals surface area contributed by atoms with Crippen molar-refractivity contribution in [1.82, 2.24) is 9.36 Å². The molecule has 2 aromatic carbocycles. The second kappa shape index (κ2) is 8.82. The number of amides is 1. The van der Waals surface area contributed by atoms with E-state index in [-0.39, 0.29) is 17.7 Å². The standard InChI is InChI=1S/C23H25N3O4/c1-15-10-11-18(12-16(15)2)13-21(28)30-14-20(27)24-22-17(3)25(4)26(23(22)29)19-8-6-5-7-9-19/h5-12H,13-14H2,1-4H3,(H,24,27). The molecule has 0 aliphatic carbocycles. The lowest BCUT2D eigenvalue weighted by Crippen LogP contribution is -2.26. The minimum atomic E-state index is -0.561. The fourth-order valence-corrected chi connectivity index (χ4v) is 3.16. The van der Waals surface area contributed by atoms with Gasteiger partial charge in [-0.2, -0.15) is 0 Å². The lowest BCUT2D eigenvalue weighted by atomic mass is 10.0. The number of nitrogens with zero attached hydrogens (tertiary/aromatic N) is 2. The normalized spacial score (nSPS) is 10.7. The summed E-state index contributed by atoms with van der Waals surface area (Å²) in [7, 11) is 1.74. The average molecular weight is 407 g/mol. The highest BCUT2D eigenvalue weighted by Crippen LogP contribution is 2.14. The van der Waals surface area contributed by atoms with Crippen molar-refractivity contribution in [2.45, 2.75) is 27.2 Å². The molecular formula is C23H25N3O4. The number of aromatic nitrogens is 2. The van der Waals surface area contributed by atoms with Gasteiger partial charge < -0.3 is 10.1 Å². The summed E-state index contributed by atoms with van der Waals surface area (Å²) >= 11 is 0. The van der Waals surface area contributed by atoms with Gasteiger partial charge in [0.15, 0.2) is 6.61 Å². The lowest BCUT2D eigenvalue weighted by molar-refractivity contribution is -0.146. The highest BCUT2D eigenvalue weighted by molar-refractivity contribution is 5.93. The van der Waals surface area contributed by atoms with E-state index in [1.54, 1.807) is 30.8 Å². The van der Waals surface area contributed by atoms with Gasteiger partial charge >= 0.3 is 5.97 Å². The smallest absolute Gasteiger partial charge is 0.310 e. The molecule has 0 aliphatic rings. The number of benzene rings is 2. The summed E-state index contributed by atoms with van der Waals surface area (Å²) in [6.45, 7) is 5.26. The first kappa shape index (κ1) is 21.1. The molecule has 1 amide bonds. The quantitative estimate of drug-likeness (QED) is 0.637. The molecule has 156 valence electrons. The van der Waals surface area contributed by atoms with Gasteiger partial charge in [-0.05, 0) is 49.6 Å². The topological polar surface area (TPSA) is 82.3 Å². The molecular weight excluding hydrogens is 382 g/mol. The molecule has 0 saturated carbocycles. The first-order valence-corrected chi connectivity index (χ1v) is 9.63. The van der Waals surface area contributed by atoms with Crippen LogP contribution >= 0.6 is 0 Å². The summed E-state index contributed by atoms with van der Waals surface area (Å²) in [5.74, 6) is -1.06. The van der Waals surface area contributed by atoms with Gasteiger partial charge in [0, 0.05) is 7.05 Å². The highest BCUT2D eigenvalue weighted by atomic mass is 16.5. The number of nitrogens with one attached hydrogen (secondary N) is 1. The van der Waals surface area contributed by atoms with Crippen molar-refractivity contribution < 1.29 is 14.3 Å². The Morgan fingerprint density at radius 1 is 1.00 bits per heavy atom. The van der Waals surface area contributed by atoms with Crippen LogP contribution in [0.2, 0.25) is 0 Å². The van der Waals surface area contributed by atoms with E-state index in [1.807, 2.05) is 50.2 Å². The number of esters is 1. The third kappa shape index (κ3) is 4.51. The van der Waals surface area contributed by atoms with Crippen LogP contribution in [0.1, 0.15) is 22.4 Å². The van der Waals surface area contributed by atoms with Crippen LogP contribution in [-0.4, -0.2) is 27.8 Å². The molecule has 30 heavy (non-hydrogen) atoms. The molecule has 7 heteroatoms. The van der Waals surface area contributed by atoms with E-state index in [1.165, 1.54) is 4.68 Å². The van der Waals surface area contributed by atoms with E-state index in [2.05, 4.69) is 5.32 Å². The Kier molecular flexibility index (Phi) is 6.20. The molecule has 3 aromatic rings. The predicted molar refractivity (Wildman–Crippen MR) is 115 cm³/mol. The molecule has 0 spiro atoms. The Morgan fingerprint density at radius 3 is 2.37 bits per heavy atom. The van der Waals surface area contributed by atoms with Crippen molar-refractivity contribution in [2.24, 2.45) is 7.05 Å². The number of rotatable bonds is 6. The number of anilines is 1. The van der Waals surface area contributed by atoms with Gasteiger partial charge in [-0.15, -0.1) is 0 Å². The average Bonchev–Trinajstić information content (AvgIpc) is 2.93. The number of carbonyl (C=O) groups excluding carboxylic acids is 2. The van der Waals surface area contributed by atoms with Crippen LogP contribution in [0.5, 0.6) is 0 Å². The lowest BCUT2D eigenvalue weighted by Gasteiger charge is -2.07. The molecule has 1 N–H and O–H groups in total. The molecule has 1 heterocycles. The van der Waals surface area contributed by atoms with Gasteiger partial charge in [-0.3, -0.25) is 19.1 Å². The van der Waals surface area contributed by atoms with Crippen molar-refractivity contribution in [3.63, 3.8) is 0 Å². The Morgan fingerprint density at radius 2 is 1.70 bits per heavy atom. The second-order valence-electron chi connectivity index (χ2n) is 7.24. The van der Waals surface area contributed by atoms with Crippen LogP contribution in [0.15, 0.2) is 53.3 Å². The molecule has 7 nitrogen and oxygen atoms in total. The van der Waals surface area contributed by atoms with Crippen LogP contribution in [0.25, 0.3) is 5.69 Å². The molecule has 0 bridgehead atoms. The third-order valence-corrected chi connectivity index (χ3v) is 5.10. The van der Waals surface area contributed by atoms with E-state index in [9.17, 15) is 14.4 Å². The molecule has 1 aromatic heterocycles. The predicted octanol–water partition coefficient (Wildman–Crippen LogP) is 2.83. The molecule has 0 saturated heterocycles. The van der Waals surface area contributed by atoms with Gasteiger partial charge in [-0.1, -0.05) is 36.4 Å². The van der Waals surface area contributed by atoms with Gasteiger partial charge in [0.05, 0.1) is 17.8 Å². The molecule has 3 rings (SSSR count). The van der Waals surface area contributed by atoms with Gasteiger partial charge in [0.2, 0.25) is 0 Å². The van der Waals surface area contributed by atoms with Crippen LogP contribution < -0.4 is 10.9 Å². The fraction of sp³-hybridized carbons (Fsp3) is 0.261. The van der Waals surface area contributed by atoms with Gasteiger partial charge in [-0.25, -0.2) is 4.68 Å². The van der Waals surface area contributed by atoms with Crippen molar-refractivity contribution >= 4 is 17.6 Å². The molecule has 0 radical (unpaired) electrons. The highest BCUT2D eigenvalue weighted by Gasteiger charge is 2.18. The maximum Gasteiger partial charge on any atom is 0.310 e. The zero-order valence-corrected chi connectivity index (χ0v) is 17.6. The minimum absolute atomic E-state index is 0.0829. The molecule has 0 aliphatic heterocycles.